The van der Waals surface area contributed by atoms with Gasteiger partial charge in [0.1, 0.15) is 11.3 Å². The summed E-state index contributed by atoms with van der Waals surface area (Å²) in [5.74, 6) is 0.0573. The minimum absolute atomic E-state index is 0.0573. The Hall–Kier alpha value is -1.21. The van der Waals surface area contributed by atoms with Crippen LogP contribution >= 0.6 is 34.3 Å². The SMILES string of the molecule is Cc1c([C@@H]2CCC[C@H](F)[C@H]2N)sc2c(NCc3cccs3)cc(Cl)nc12. The molecule has 1 aliphatic carbocycles. The number of nitrogens with one attached hydrogen (secondary N) is 1. The average Bonchev–Trinajstić information content (AvgIpc) is 3.24. The van der Waals surface area contributed by atoms with Crippen LogP contribution in [0.3, 0.4) is 0 Å². The van der Waals surface area contributed by atoms with E-state index in [-0.39, 0.29) is 5.92 Å². The Morgan fingerprint density at radius 1 is 1.42 bits per heavy atom. The summed E-state index contributed by atoms with van der Waals surface area (Å²) < 4.78 is 15.2. The van der Waals surface area contributed by atoms with Gasteiger partial charge in [-0.3, -0.25) is 0 Å². The quantitative estimate of drug-likeness (QED) is 0.530. The molecule has 0 amide bonds. The Morgan fingerprint density at radius 3 is 3.04 bits per heavy atom. The summed E-state index contributed by atoms with van der Waals surface area (Å²) in [6, 6.07) is 5.58. The number of alkyl halides is 1. The van der Waals surface area contributed by atoms with E-state index in [1.807, 2.05) is 12.1 Å². The van der Waals surface area contributed by atoms with Crippen LogP contribution in [0.4, 0.5) is 10.1 Å². The number of halogens is 2. The number of rotatable bonds is 4. The van der Waals surface area contributed by atoms with Crippen LogP contribution in [0.25, 0.3) is 10.2 Å². The standard InChI is InChI=1S/C19H21ClFN3S2/c1-10-17-19(26-18(10)12-5-2-6-13(21)16(12)22)14(8-15(20)24-17)23-9-11-4-3-7-25-11/h3-4,7-8,12-13,16H,2,5-6,9,22H2,1H3,(H,23,24)/t12-,13+,16+/m1/s1. The summed E-state index contributed by atoms with van der Waals surface area (Å²) in [6.45, 7) is 2.80. The van der Waals surface area contributed by atoms with Crippen molar-refractivity contribution in [2.24, 2.45) is 5.73 Å². The highest BCUT2D eigenvalue weighted by molar-refractivity contribution is 7.20. The zero-order chi connectivity index (χ0) is 18.3. The number of anilines is 1. The predicted molar refractivity (Wildman–Crippen MR) is 110 cm³/mol. The topological polar surface area (TPSA) is 50.9 Å². The van der Waals surface area contributed by atoms with Crippen molar-refractivity contribution in [3.05, 3.63) is 44.1 Å². The highest BCUT2D eigenvalue weighted by Gasteiger charge is 2.34. The molecule has 0 saturated heterocycles. The van der Waals surface area contributed by atoms with Crippen molar-refractivity contribution in [3.8, 4) is 0 Å². The van der Waals surface area contributed by atoms with Gasteiger partial charge in [0.2, 0.25) is 0 Å². The number of fused-ring (bicyclic) bond motifs is 1. The molecular formula is C19H21ClFN3S2. The molecule has 0 spiro atoms. The molecule has 1 fully saturated rings. The van der Waals surface area contributed by atoms with Crippen molar-refractivity contribution in [2.45, 2.75) is 50.9 Å². The molecule has 26 heavy (non-hydrogen) atoms. The van der Waals surface area contributed by atoms with Gasteiger partial charge >= 0.3 is 0 Å². The van der Waals surface area contributed by atoms with E-state index in [9.17, 15) is 4.39 Å². The molecule has 1 aliphatic rings. The molecular weight excluding hydrogens is 389 g/mol. The van der Waals surface area contributed by atoms with E-state index < -0.39 is 12.2 Å². The number of hydrogen-bond donors (Lipinski definition) is 2. The first-order valence-electron chi connectivity index (χ1n) is 8.80. The smallest absolute Gasteiger partial charge is 0.131 e. The molecule has 3 heterocycles. The number of thiophene rings is 2. The molecule has 0 unspecified atom stereocenters. The Balaban J connectivity index is 1.72. The van der Waals surface area contributed by atoms with Crippen LogP contribution in [-0.2, 0) is 6.54 Å². The largest absolute Gasteiger partial charge is 0.379 e. The fraction of sp³-hybridized carbons (Fsp3) is 0.421. The summed E-state index contributed by atoms with van der Waals surface area (Å²) in [5.41, 5.74) is 9.17. The lowest BCUT2D eigenvalue weighted by Crippen LogP contribution is -2.40. The van der Waals surface area contributed by atoms with Crippen LogP contribution in [0, 0.1) is 6.92 Å². The third kappa shape index (κ3) is 3.36. The molecule has 0 bridgehead atoms. The molecule has 3 N–H and O–H groups in total. The van der Waals surface area contributed by atoms with Gasteiger partial charge in [-0.2, -0.15) is 0 Å². The summed E-state index contributed by atoms with van der Waals surface area (Å²) in [6.07, 6.45) is 1.46. The highest BCUT2D eigenvalue weighted by Crippen LogP contribution is 2.44. The molecule has 7 heteroatoms. The zero-order valence-corrected chi connectivity index (χ0v) is 16.9. The number of aryl methyl sites for hydroxylation is 1. The molecule has 3 aromatic rings. The zero-order valence-electron chi connectivity index (χ0n) is 14.5. The van der Waals surface area contributed by atoms with Gasteiger partial charge in [-0.15, -0.1) is 22.7 Å². The first kappa shape index (κ1) is 18.2. The molecule has 138 valence electrons. The van der Waals surface area contributed by atoms with E-state index in [2.05, 4.69) is 28.7 Å². The van der Waals surface area contributed by atoms with Crippen molar-refractivity contribution >= 4 is 50.2 Å². The number of nitrogens with two attached hydrogens (primary N) is 1. The van der Waals surface area contributed by atoms with Crippen LogP contribution in [-0.4, -0.2) is 17.2 Å². The average molecular weight is 410 g/mol. The van der Waals surface area contributed by atoms with Crippen LogP contribution in [0.1, 0.15) is 40.5 Å². The van der Waals surface area contributed by atoms with Gasteiger partial charge in [-0.05, 0) is 43.2 Å². The number of aromatic nitrogens is 1. The fourth-order valence-electron chi connectivity index (χ4n) is 3.72. The van der Waals surface area contributed by atoms with E-state index in [4.69, 9.17) is 17.3 Å². The van der Waals surface area contributed by atoms with Gasteiger partial charge in [-0.1, -0.05) is 17.7 Å². The molecule has 1 saturated carbocycles. The van der Waals surface area contributed by atoms with E-state index in [0.717, 1.165) is 45.7 Å². The van der Waals surface area contributed by atoms with Crippen LogP contribution in [0.15, 0.2) is 23.6 Å². The minimum atomic E-state index is -0.925. The van der Waals surface area contributed by atoms with Crippen LogP contribution < -0.4 is 11.1 Å². The number of nitrogens with zero attached hydrogens (tertiary/aromatic N) is 1. The number of hydrogen-bond acceptors (Lipinski definition) is 5. The summed E-state index contributed by atoms with van der Waals surface area (Å²) in [7, 11) is 0. The lowest BCUT2D eigenvalue weighted by Gasteiger charge is -2.31. The Labute approximate surface area is 165 Å². The summed E-state index contributed by atoms with van der Waals surface area (Å²) in [5, 5.41) is 6.02. The Bertz CT molecular complexity index is 909. The molecule has 0 aromatic carbocycles. The maximum absolute atomic E-state index is 14.2. The van der Waals surface area contributed by atoms with Gasteiger partial charge in [0.15, 0.2) is 0 Å². The second kappa shape index (κ2) is 7.43. The van der Waals surface area contributed by atoms with Gasteiger partial charge in [-0.25, -0.2) is 9.37 Å². The van der Waals surface area contributed by atoms with Crippen LogP contribution in [0.5, 0.6) is 0 Å². The van der Waals surface area contributed by atoms with Crippen molar-refractivity contribution in [2.75, 3.05) is 5.32 Å². The van der Waals surface area contributed by atoms with Gasteiger partial charge < -0.3 is 11.1 Å². The van der Waals surface area contributed by atoms with E-state index >= 15 is 0 Å². The summed E-state index contributed by atoms with van der Waals surface area (Å²) in [4.78, 5) is 6.96. The Morgan fingerprint density at radius 2 is 2.27 bits per heavy atom. The van der Waals surface area contributed by atoms with E-state index in [0.29, 0.717) is 11.6 Å². The van der Waals surface area contributed by atoms with Crippen molar-refractivity contribution in [3.63, 3.8) is 0 Å². The van der Waals surface area contributed by atoms with Gasteiger partial charge in [0.05, 0.1) is 15.9 Å². The fourth-order valence-corrected chi connectivity index (χ4v) is 5.99. The normalized spacial score (nSPS) is 23.5. The molecule has 3 nitrogen and oxygen atoms in total. The minimum Gasteiger partial charge on any atom is -0.379 e. The molecule has 0 aliphatic heterocycles. The first-order valence-corrected chi connectivity index (χ1v) is 10.9. The predicted octanol–water partition coefficient (Wildman–Crippen LogP) is 5.86. The second-order valence-corrected chi connectivity index (χ2v) is 9.30. The van der Waals surface area contributed by atoms with E-state index in [1.54, 1.807) is 22.7 Å². The molecule has 3 atom stereocenters. The molecule has 4 rings (SSSR count). The van der Waals surface area contributed by atoms with E-state index in [1.165, 1.54) is 4.88 Å². The Kier molecular flexibility index (Phi) is 5.19. The van der Waals surface area contributed by atoms with Gasteiger partial charge in [0.25, 0.3) is 0 Å². The number of pyridine rings is 1. The lowest BCUT2D eigenvalue weighted by atomic mass is 9.82. The first-order chi connectivity index (χ1) is 12.5. The summed E-state index contributed by atoms with van der Waals surface area (Å²) >= 11 is 9.67. The van der Waals surface area contributed by atoms with Gasteiger partial charge in [0, 0.05) is 34.3 Å². The maximum atomic E-state index is 14.2. The van der Waals surface area contributed by atoms with Crippen molar-refractivity contribution in [1.29, 1.82) is 0 Å². The lowest BCUT2D eigenvalue weighted by molar-refractivity contribution is 0.198. The van der Waals surface area contributed by atoms with Crippen LogP contribution in [0.2, 0.25) is 5.15 Å². The molecule has 3 aromatic heterocycles. The second-order valence-electron chi connectivity index (χ2n) is 6.83. The monoisotopic (exact) mass is 409 g/mol. The molecule has 0 radical (unpaired) electrons. The van der Waals surface area contributed by atoms with Crippen molar-refractivity contribution in [1.82, 2.24) is 4.98 Å². The maximum Gasteiger partial charge on any atom is 0.131 e. The van der Waals surface area contributed by atoms with Crippen molar-refractivity contribution < 1.29 is 4.39 Å². The highest BCUT2D eigenvalue weighted by atomic mass is 35.5. The third-order valence-corrected chi connectivity index (χ3v) is 7.64. The third-order valence-electron chi connectivity index (χ3n) is 5.13.